The topological polar surface area (TPSA) is 64.4 Å². The second kappa shape index (κ2) is 6.79. The van der Waals surface area contributed by atoms with E-state index in [1.807, 2.05) is 48.5 Å². The van der Waals surface area contributed by atoms with Crippen LogP contribution in [0.5, 0.6) is 5.75 Å². The average molecular weight is 308 g/mol. The summed E-state index contributed by atoms with van der Waals surface area (Å²) in [5, 5.41) is 6.80. The van der Waals surface area contributed by atoms with E-state index < -0.39 is 0 Å². The molecular formula is C18H16N2O3. The lowest BCUT2D eigenvalue weighted by molar-refractivity contribution is 0.0950. The van der Waals surface area contributed by atoms with Crippen LogP contribution in [0.2, 0.25) is 0 Å². The lowest BCUT2D eigenvalue weighted by Crippen LogP contribution is -2.22. The number of benzene rings is 2. The highest BCUT2D eigenvalue weighted by Gasteiger charge is 2.09. The van der Waals surface area contributed by atoms with Crippen molar-refractivity contribution in [3.05, 3.63) is 71.9 Å². The molecule has 0 fully saturated rings. The van der Waals surface area contributed by atoms with Crippen LogP contribution in [0.15, 0.2) is 65.2 Å². The number of hydrogen-bond acceptors (Lipinski definition) is 4. The molecule has 1 amide bonds. The first-order valence-corrected chi connectivity index (χ1v) is 7.19. The molecule has 0 aliphatic carbocycles. The Morgan fingerprint density at radius 3 is 2.57 bits per heavy atom. The molecule has 23 heavy (non-hydrogen) atoms. The van der Waals surface area contributed by atoms with Gasteiger partial charge >= 0.3 is 0 Å². The first kappa shape index (κ1) is 14.8. The number of hydrogen-bond donors (Lipinski definition) is 1. The fourth-order valence-electron chi connectivity index (χ4n) is 2.15. The summed E-state index contributed by atoms with van der Waals surface area (Å²) in [6.07, 6.45) is 0. The Labute approximate surface area is 133 Å². The predicted molar refractivity (Wildman–Crippen MR) is 86.1 cm³/mol. The third-order valence-electron chi connectivity index (χ3n) is 3.40. The number of aromatic nitrogens is 1. The zero-order chi connectivity index (χ0) is 16.1. The summed E-state index contributed by atoms with van der Waals surface area (Å²) in [6.45, 7) is 0.313. The number of ether oxygens (including phenoxy) is 1. The van der Waals surface area contributed by atoms with Gasteiger partial charge in [0.25, 0.3) is 5.91 Å². The van der Waals surface area contributed by atoms with Crippen molar-refractivity contribution in [2.75, 3.05) is 7.11 Å². The van der Waals surface area contributed by atoms with Gasteiger partial charge in [-0.2, -0.15) is 0 Å². The number of nitrogens with zero attached hydrogens (tertiary/aromatic N) is 1. The summed E-state index contributed by atoms with van der Waals surface area (Å²) in [7, 11) is 1.62. The molecule has 0 bridgehead atoms. The van der Waals surface area contributed by atoms with Gasteiger partial charge in [-0.05, 0) is 36.4 Å². The number of nitrogens with one attached hydrogen (secondary N) is 1. The van der Waals surface area contributed by atoms with Crippen LogP contribution in [0.3, 0.4) is 0 Å². The van der Waals surface area contributed by atoms with Gasteiger partial charge in [-0.1, -0.05) is 23.4 Å². The van der Waals surface area contributed by atoms with Gasteiger partial charge in [0, 0.05) is 17.2 Å². The molecule has 0 saturated carbocycles. The van der Waals surface area contributed by atoms with E-state index in [0.29, 0.717) is 23.6 Å². The standard InChI is InChI=1S/C18H16N2O3/c1-22-16-9-7-13(8-10-16)17-11-15(20-23-17)12-19-18(21)14-5-3-2-4-6-14/h2-11H,12H2,1H3,(H,19,21). The molecule has 1 N–H and O–H groups in total. The van der Waals surface area contributed by atoms with Crippen molar-refractivity contribution in [1.29, 1.82) is 0 Å². The van der Waals surface area contributed by atoms with Crippen LogP contribution in [-0.4, -0.2) is 18.2 Å². The minimum atomic E-state index is -0.139. The first-order valence-electron chi connectivity index (χ1n) is 7.19. The van der Waals surface area contributed by atoms with Gasteiger partial charge in [-0.25, -0.2) is 0 Å². The van der Waals surface area contributed by atoms with Gasteiger partial charge in [0.2, 0.25) is 0 Å². The molecule has 1 heterocycles. The van der Waals surface area contributed by atoms with E-state index in [2.05, 4.69) is 10.5 Å². The van der Waals surface area contributed by atoms with Gasteiger partial charge in [0.05, 0.1) is 13.7 Å². The van der Waals surface area contributed by atoms with Crippen LogP contribution in [0.25, 0.3) is 11.3 Å². The van der Waals surface area contributed by atoms with Gasteiger partial charge in [0.15, 0.2) is 5.76 Å². The molecule has 5 nitrogen and oxygen atoms in total. The van der Waals surface area contributed by atoms with E-state index >= 15 is 0 Å². The summed E-state index contributed by atoms with van der Waals surface area (Å²) < 4.78 is 10.4. The molecule has 0 aliphatic heterocycles. The molecule has 1 aromatic heterocycles. The van der Waals surface area contributed by atoms with Crippen LogP contribution in [0.4, 0.5) is 0 Å². The number of methoxy groups -OCH3 is 1. The maximum Gasteiger partial charge on any atom is 0.251 e. The zero-order valence-corrected chi connectivity index (χ0v) is 12.7. The second-order valence-corrected chi connectivity index (χ2v) is 4.96. The Morgan fingerprint density at radius 1 is 1.13 bits per heavy atom. The highest BCUT2D eigenvalue weighted by Crippen LogP contribution is 2.23. The Balaban J connectivity index is 1.64. The predicted octanol–water partition coefficient (Wildman–Crippen LogP) is 3.28. The van der Waals surface area contributed by atoms with Gasteiger partial charge in [-0.15, -0.1) is 0 Å². The van der Waals surface area contributed by atoms with E-state index in [1.54, 1.807) is 19.2 Å². The Hall–Kier alpha value is -3.08. The Morgan fingerprint density at radius 2 is 1.87 bits per heavy atom. The summed E-state index contributed by atoms with van der Waals surface area (Å²) in [4.78, 5) is 12.0. The fraction of sp³-hybridized carbons (Fsp3) is 0.111. The van der Waals surface area contributed by atoms with Gasteiger partial charge in [-0.3, -0.25) is 4.79 Å². The number of amides is 1. The minimum absolute atomic E-state index is 0.139. The summed E-state index contributed by atoms with van der Waals surface area (Å²) in [6, 6.07) is 18.4. The highest BCUT2D eigenvalue weighted by molar-refractivity contribution is 5.94. The molecule has 2 aromatic carbocycles. The maximum atomic E-state index is 12.0. The smallest absolute Gasteiger partial charge is 0.251 e. The number of rotatable bonds is 5. The van der Waals surface area contributed by atoms with E-state index in [-0.39, 0.29) is 5.91 Å². The highest BCUT2D eigenvalue weighted by atomic mass is 16.5. The summed E-state index contributed by atoms with van der Waals surface area (Å²) >= 11 is 0. The van der Waals surface area contributed by atoms with Crippen molar-refractivity contribution in [2.24, 2.45) is 0 Å². The molecule has 0 spiro atoms. The summed E-state index contributed by atoms with van der Waals surface area (Å²) in [5.41, 5.74) is 2.19. The van der Waals surface area contributed by atoms with Crippen LogP contribution < -0.4 is 10.1 Å². The largest absolute Gasteiger partial charge is 0.497 e. The number of carbonyl (C=O) groups is 1. The number of carbonyl (C=O) groups excluding carboxylic acids is 1. The van der Waals surface area contributed by atoms with E-state index in [9.17, 15) is 4.79 Å². The molecule has 0 aliphatic rings. The van der Waals surface area contributed by atoms with Crippen molar-refractivity contribution in [1.82, 2.24) is 10.5 Å². The van der Waals surface area contributed by atoms with Crippen LogP contribution in [-0.2, 0) is 6.54 Å². The lowest BCUT2D eigenvalue weighted by Gasteiger charge is -2.02. The monoisotopic (exact) mass is 308 g/mol. The normalized spacial score (nSPS) is 10.3. The van der Waals surface area contributed by atoms with Crippen molar-refractivity contribution in [3.8, 4) is 17.1 Å². The third kappa shape index (κ3) is 3.58. The molecule has 0 radical (unpaired) electrons. The van der Waals surface area contributed by atoms with E-state index in [1.165, 1.54) is 0 Å². The molecule has 0 unspecified atom stereocenters. The van der Waals surface area contributed by atoms with Crippen molar-refractivity contribution < 1.29 is 14.1 Å². The van der Waals surface area contributed by atoms with Crippen molar-refractivity contribution in [2.45, 2.75) is 6.54 Å². The molecule has 3 rings (SSSR count). The quantitative estimate of drug-likeness (QED) is 0.785. The third-order valence-corrected chi connectivity index (χ3v) is 3.40. The van der Waals surface area contributed by atoms with E-state index in [0.717, 1.165) is 11.3 Å². The lowest BCUT2D eigenvalue weighted by atomic mass is 10.1. The van der Waals surface area contributed by atoms with E-state index in [4.69, 9.17) is 9.26 Å². The fourth-order valence-corrected chi connectivity index (χ4v) is 2.15. The van der Waals surface area contributed by atoms with Gasteiger partial charge in [0.1, 0.15) is 11.4 Å². The molecule has 0 atom stereocenters. The van der Waals surface area contributed by atoms with Crippen molar-refractivity contribution in [3.63, 3.8) is 0 Å². The minimum Gasteiger partial charge on any atom is -0.497 e. The Bertz CT molecular complexity index is 780. The second-order valence-electron chi connectivity index (χ2n) is 4.96. The molecule has 5 heteroatoms. The SMILES string of the molecule is COc1ccc(-c2cc(CNC(=O)c3ccccc3)no2)cc1. The van der Waals surface area contributed by atoms with Crippen LogP contribution in [0, 0.1) is 0 Å². The first-order chi connectivity index (χ1) is 11.3. The zero-order valence-electron chi connectivity index (χ0n) is 12.7. The van der Waals surface area contributed by atoms with Crippen molar-refractivity contribution >= 4 is 5.91 Å². The Kier molecular flexibility index (Phi) is 4.38. The van der Waals surface area contributed by atoms with Crippen LogP contribution in [0.1, 0.15) is 16.1 Å². The van der Waals surface area contributed by atoms with Gasteiger partial charge < -0.3 is 14.6 Å². The van der Waals surface area contributed by atoms with Crippen LogP contribution >= 0.6 is 0 Å². The molecule has 0 saturated heterocycles. The molecular weight excluding hydrogens is 292 g/mol. The molecule has 3 aromatic rings. The summed E-state index contributed by atoms with van der Waals surface area (Å²) in [5.74, 6) is 1.29. The molecule has 116 valence electrons. The maximum absolute atomic E-state index is 12.0. The average Bonchev–Trinajstić information content (AvgIpc) is 3.09.